The van der Waals surface area contributed by atoms with E-state index in [1.54, 1.807) is 0 Å². The van der Waals surface area contributed by atoms with Gasteiger partial charge in [-0.05, 0) is 91.0 Å². The summed E-state index contributed by atoms with van der Waals surface area (Å²) in [7, 11) is 0. The van der Waals surface area contributed by atoms with Crippen LogP contribution in [0.5, 0.6) is 0 Å². The monoisotopic (exact) mass is 464 g/mol. The van der Waals surface area contributed by atoms with Crippen molar-refractivity contribution in [3.05, 3.63) is 119 Å². The molecule has 2 fully saturated rings. The number of aryl methyl sites for hydroxylation is 2. The highest BCUT2D eigenvalue weighted by atomic mass is 14.4. The van der Waals surface area contributed by atoms with Crippen LogP contribution >= 0.6 is 0 Å². The quantitative estimate of drug-likeness (QED) is 0.324. The molecule has 0 aliphatic heterocycles. The van der Waals surface area contributed by atoms with Gasteiger partial charge in [-0.25, -0.2) is 0 Å². The van der Waals surface area contributed by atoms with Crippen LogP contribution in [-0.2, 0) is 25.7 Å². The third-order valence-corrected chi connectivity index (χ3v) is 8.75. The van der Waals surface area contributed by atoms with E-state index in [-0.39, 0.29) is 5.41 Å². The van der Waals surface area contributed by atoms with Gasteiger partial charge in [0.1, 0.15) is 0 Å². The number of benzene rings is 2. The smallest absolute Gasteiger partial charge is 0.00455 e. The minimum Gasteiger partial charge on any atom is -0.0995 e. The highest BCUT2D eigenvalue weighted by Crippen LogP contribution is 2.52. The predicted octanol–water partition coefficient (Wildman–Crippen LogP) is 9.51. The molecule has 0 aromatic heterocycles. The van der Waals surface area contributed by atoms with Crippen molar-refractivity contribution in [3.8, 4) is 0 Å². The van der Waals surface area contributed by atoms with E-state index in [2.05, 4.69) is 89.6 Å². The van der Waals surface area contributed by atoms with Crippen LogP contribution in [0, 0.1) is 11.3 Å². The molecule has 3 atom stereocenters. The molecule has 0 heteroatoms. The molecular formula is C35H44. The second-order valence-electron chi connectivity index (χ2n) is 11.4. The first-order chi connectivity index (χ1) is 16.7. The van der Waals surface area contributed by atoms with Gasteiger partial charge >= 0.3 is 0 Å². The summed E-state index contributed by atoms with van der Waals surface area (Å²) in [5, 5.41) is 0. The lowest BCUT2D eigenvalue weighted by Crippen LogP contribution is -2.19. The first kappa shape index (κ1) is 25.5. The fourth-order valence-electron chi connectivity index (χ4n) is 6.59. The summed E-state index contributed by atoms with van der Waals surface area (Å²) in [4.78, 5) is 0. The lowest BCUT2D eigenvalue weighted by Gasteiger charge is -2.28. The molecule has 2 aromatic carbocycles. The molecule has 0 spiro atoms. The average molecular weight is 465 g/mol. The number of allylic oxidation sites excluding steroid dienone is 4. The highest BCUT2D eigenvalue weighted by molar-refractivity contribution is 5.39. The first-order valence-corrected chi connectivity index (χ1v) is 13.6. The van der Waals surface area contributed by atoms with E-state index in [9.17, 15) is 0 Å². The lowest BCUT2D eigenvalue weighted by molar-refractivity contribution is 0.417. The van der Waals surface area contributed by atoms with Gasteiger partial charge in [0.05, 0.1) is 0 Å². The first-order valence-electron chi connectivity index (χ1n) is 13.6. The standard InChI is InChI=1S/C35H44/c1-8-30-16-15-29(21-31(30)9-2)23-35(7)22-26(5)34(27(35)6)20-24(3)19-28-13-17-32(18-14-28)33-12-10-11-25(33)4/h13-18,21,33-34H,3-6,8-12,19-20,22-23H2,1-2,7H3. The van der Waals surface area contributed by atoms with E-state index >= 15 is 0 Å². The summed E-state index contributed by atoms with van der Waals surface area (Å²) in [6.45, 7) is 24.8. The Bertz CT molecular complexity index is 1130. The Morgan fingerprint density at radius 2 is 1.60 bits per heavy atom. The largest absolute Gasteiger partial charge is 0.0995 e. The van der Waals surface area contributed by atoms with Gasteiger partial charge in [-0.2, -0.15) is 0 Å². The fraction of sp³-hybridized carbons (Fsp3) is 0.429. The van der Waals surface area contributed by atoms with Gasteiger partial charge in [-0.1, -0.05) is 112 Å². The van der Waals surface area contributed by atoms with Crippen LogP contribution in [0.1, 0.15) is 86.6 Å². The summed E-state index contributed by atoms with van der Waals surface area (Å²) in [6, 6.07) is 16.3. The molecule has 2 aliphatic rings. The zero-order chi connectivity index (χ0) is 25.2. The van der Waals surface area contributed by atoms with Crippen LogP contribution in [0.15, 0.2) is 91.1 Å². The number of hydrogen-bond acceptors (Lipinski definition) is 0. The molecule has 0 radical (unpaired) electrons. The van der Waals surface area contributed by atoms with Crippen molar-refractivity contribution in [2.45, 2.75) is 84.5 Å². The minimum absolute atomic E-state index is 0.0755. The van der Waals surface area contributed by atoms with Crippen molar-refractivity contribution in [2.75, 3.05) is 0 Å². The second kappa shape index (κ2) is 10.6. The molecule has 2 aromatic rings. The number of rotatable bonds is 9. The molecular weight excluding hydrogens is 420 g/mol. The summed E-state index contributed by atoms with van der Waals surface area (Å²) in [6.07, 6.45) is 9.87. The Morgan fingerprint density at radius 3 is 2.23 bits per heavy atom. The van der Waals surface area contributed by atoms with Gasteiger partial charge in [0.25, 0.3) is 0 Å². The van der Waals surface area contributed by atoms with Crippen molar-refractivity contribution in [1.29, 1.82) is 0 Å². The molecule has 2 aliphatic carbocycles. The van der Waals surface area contributed by atoms with Crippen molar-refractivity contribution >= 4 is 0 Å². The van der Waals surface area contributed by atoms with Gasteiger partial charge in [-0.3, -0.25) is 0 Å². The lowest BCUT2D eigenvalue weighted by atomic mass is 9.76. The topological polar surface area (TPSA) is 0 Å². The maximum Gasteiger partial charge on any atom is 0.00455 e. The van der Waals surface area contributed by atoms with E-state index < -0.39 is 0 Å². The third-order valence-electron chi connectivity index (χ3n) is 8.75. The molecule has 3 unspecified atom stereocenters. The molecule has 0 nitrogen and oxygen atoms in total. The SMILES string of the molecule is C=C(Cc1ccc(C2CCCC2=C)cc1)CC1C(=C)CC(C)(Cc2ccc(CC)c(CC)c2)C1=C. The third kappa shape index (κ3) is 5.48. The average Bonchev–Trinajstić information content (AvgIpc) is 3.35. The van der Waals surface area contributed by atoms with Gasteiger partial charge in [0.15, 0.2) is 0 Å². The normalized spacial score (nSPS) is 24.4. The Hall–Kier alpha value is -2.60. The molecule has 0 bridgehead atoms. The van der Waals surface area contributed by atoms with Crippen LogP contribution in [-0.4, -0.2) is 0 Å². The molecule has 0 heterocycles. The summed E-state index contributed by atoms with van der Waals surface area (Å²) in [5.74, 6) is 0.899. The van der Waals surface area contributed by atoms with Crippen molar-refractivity contribution in [2.24, 2.45) is 11.3 Å². The Kier molecular flexibility index (Phi) is 7.70. The predicted molar refractivity (Wildman–Crippen MR) is 153 cm³/mol. The Morgan fingerprint density at radius 1 is 0.914 bits per heavy atom. The van der Waals surface area contributed by atoms with Gasteiger partial charge in [0.2, 0.25) is 0 Å². The molecule has 0 amide bonds. The fourth-order valence-corrected chi connectivity index (χ4v) is 6.59. The highest BCUT2D eigenvalue weighted by Gasteiger charge is 2.41. The Balaban J connectivity index is 1.39. The molecule has 184 valence electrons. The van der Waals surface area contributed by atoms with E-state index in [0.717, 1.165) is 38.5 Å². The summed E-state index contributed by atoms with van der Waals surface area (Å²) >= 11 is 0. The maximum absolute atomic E-state index is 4.62. The molecule has 0 N–H and O–H groups in total. The van der Waals surface area contributed by atoms with Crippen LogP contribution in [0.2, 0.25) is 0 Å². The summed E-state index contributed by atoms with van der Waals surface area (Å²) < 4.78 is 0. The van der Waals surface area contributed by atoms with Crippen molar-refractivity contribution in [3.63, 3.8) is 0 Å². The van der Waals surface area contributed by atoms with Crippen LogP contribution in [0.3, 0.4) is 0 Å². The second-order valence-corrected chi connectivity index (χ2v) is 11.4. The van der Waals surface area contributed by atoms with Crippen molar-refractivity contribution in [1.82, 2.24) is 0 Å². The van der Waals surface area contributed by atoms with Gasteiger partial charge in [0, 0.05) is 11.8 Å². The van der Waals surface area contributed by atoms with E-state index in [0.29, 0.717) is 11.8 Å². The van der Waals surface area contributed by atoms with Crippen LogP contribution < -0.4 is 0 Å². The maximum atomic E-state index is 4.62. The zero-order valence-corrected chi connectivity index (χ0v) is 22.4. The Labute approximate surface area is 214 Å². The number of hydrogen-bond donors (Lipinski definition) is 0. The van der Waals surface area contributed by atoms with E-state index in [1.165, 1.54) is 69.4 Å². The zero-order valence-electron chi connectivity index (χ0n) is 22.4. The van der Waals surface area contributed by atoms with Crippen LogP contribution in [0.4, 0.5) is 0 Å². The van der Waals surface area contributed by atoms with Crippen LogP contribution in [0.25, 0.3) is 0 Å². The molecule has 0 saturated heterocycles. The van der Waals surface area contributed by atoms with E-state index in [4.69, 9.17) is 0 Å². The van der Waals surface area contributed by atoms with E-state index in [1.807, 2.05) is 0 Å². The van der Waals surface area contributed by atoms with Gasteiger partial charge in [-0.15, -0.1) is 0 Å². The molecule has 35 heavy (non-hydrogen) atoms. The van der Waals surface area contributed by atoms with Crippen molar-refractivity contribution < 1.29 is 0 Å². The molecule has 2 saturated carbocycles. The summed E-state index contributed by atoms with van der Waals surface area (Å²) in [5.41, 5.74) is 12.6. The van der Waals surface area contributed by atoms with Gasteiger partial charge < -0.3 is 0 Å². The molecule has 4 rings (SSSR count). The minimum atomic E-state index is 0.0755.